The van der Waals surface area contributed by atoms with Gasteiger partial charge in [0.15, 0.2) is 0 Å². The second-order valence-electron chi connectivity index (χ2n) is 7.05. The fourth-order valence-electron chi connectivity index (χ4n) is 3.25. The summed E-state index contributed by atoms with van der Waals surface area (Å²) in [5.41, 5.74) is 0.643. The number of hydrogen-bond donors (Lipinski definition) is 0. The Labute approximate surface area is 178 Å². The number of carbonyl (C=O) groups excluding carboxylic acids is 2. The van der Waals surface area contributed by atoms with Crippen molar-refractivity contribution in [3.8, 4) is 0 Å². The molecule has 9 heteroatoms. The van der Waals surface area contributed by atoms with E-state index in [0.29, 0.717) is 49.5 Å². The predicted molar refractivity (Wildman–Crippen MR) is 108 cm³/mol. The summed E-state index contributed by atoms with van der Waals surface area (Å²) in [5, 5.41) is 0. The number of esters is 1. The average molecular weight is 436 g/mol. The molecule has 3 rings (SSSR count). The van der Waals surface area contributed by atoms with Gasteiger partial charge in [-0.3, -0.25) is 4.90 Å². The van der Waals surface area contributed by atoms with E-state index in [9.17, 15) is 22.8 Å². The Balaban J connectivity index is 1.88. The van der Waals surface area contributed by atoms with Gasteiger partial charge in [-0.05, 0) is 48.4 Å². The van der Waals surface area contributed by atoms with Gasteiger partial charge in [-0.25, -0.2) is 9.59 Å². The first kappa shape index (κ1) is 22.6. The quantitative estimate of drug-likeness (QED) is 0.669. The average Bonchev–Trinajstić information content (AvgIpc) is 3.06. The molecule has 2 aromatic rings. The molecule has 0 spiro atoms. The van der Waals surface area contributed by atoms with Crippen LogP contribution in [0.1, 0.15) is 27.9 Å². The minimum absolute atomic E-state index is 0.128. The molecule has 0 aliphatic carbocycles. The fourth-order valence-corrected chi connectivity index (χ4v) is 3.25. The Kier molecular flexibility index (Phi) is 7.17. The zero-order valence-corrected chi connectivity index (χ0v) is 17.0. The SMILES string of the molecule is COC(=O)c1ccc(CN(C(=O)N2CCCOCC2)c2ccc(C(F)(F)F)cc2)cc1. The Bertz CT molecular complexity index is 890. The normalized spacial score (nSPS) is 14.6. The van der Waals surface area contributed by atoms with Gasteiger partial charge in [-0.15, -0.1) is 0 Å². The van der Waals surface area contributed by atoms with Crippen LogP contribution in [-0.2, 0) is 22.2 Å². The Morgan fingerprint density at radius 1 is 1.03 bits per heavy atom. The molecular formula is C22H23F3N2O4. The smallest absolute Gasteiger partial charge is 0.416 e. The van der Waals surface area contributed by atoms with Gasteiger partial charge in [0.05, 0.1) is 31.4 Å². The van der Waals surface area contributed by atoms with Crippen LogP contribution in [0.3, 0.4) is 0 Å². The number of rotatable bonds is 4. The van der Waals surface area contributed by atoms with Crippen molar-refractivity contribution in [3.05, 3.63) is 65.2 Å². The molecule has 0 N–H and O–H groups in total. The molecule has 0 bridgehead atoms. The topological polar surface area (TPSA) is 59.1 Å². The zero-order valence-electron chi connectivity index (χ0n) is 17.0. The number of anilines is 1. The molecule has 1 fully saturated rings. The number of amides is 2. The van der Waals surface area contributed by atoms with E-state index in [2.05, 4.69) is 4.74 Å². The second kappa shape index (κ2) is 9.82. The lowest BCUT2D eigenvalue weighted by molar-refractivity contribution is -0.137. The highest BCUT2D eigenvalue weighted by Crippen LogP contribution is 2.31. The van der Waals surface area contributed by atoms with Crippen LogP contribution in [0.5, 0.6) is 0 Å². The van der Waals surface area contributed by atoms with E-state index in [-0.39, 0.29) is 12.6 Å². The Hall–Kier alpha value is -3.07. The van der Waals surface area contributed by atoms with E-state index in [1.54, 1.807) is 29.2 Å². The van der Waals surface area contributed by atoms with Crippen LogP contribution in [0.4, 0.5) is 23.7 Å². The number of carbonyl (C=O) groups is 2. The van der Waals surface area contributed by atoms with Gasteiger partial charge in [0.1, 0.15) is 0 Å². The van der Waals surface area contributed by atoms with Gasteiger partial charge in [0.2, 0.25) is 0 Å². The minimum Gasteiger partial charge on any atom is -0.465 e. The first-order chi connectivity index (χ1) is 14.8. The summed E-state index contributed by atoms with van der Waals surface area (Å²) in [5.74, 6) is -0.480. The number of ether oxygens (including phenoxy) is 2. The van der Waals surface area contributed by atoms with Crippen LogP contribution < -0.4 is 4.90 Å². The maximum atomic E-state index is 13.3. The third-order valence-electron chi connectivity index (χ3n) is 4.95. The predicted octanol–water partition coefficient (Wildman–Crippen LogP) is 4.34. The lowest BCUT2D eigenvalue weighted by Gasteiger charge is -2.30. The number of hydrogen-bond acceptors (Lipinski definition) is 4. The number of nitrogens with zero attached hydrogens (tertiary/aromatic N) is 2. The van der Waals surface area contributed by atoms with Crippen LogP contribution in [0.2, 0.25) is 0 Å². The van der Waals surface area contributed by atoms with Gasteiger partial charge in [-0.1, -0.05) is 12.1 Å². The highest BCUT2D eigenvalue weighted by molar-refractivity contribution is 5.92. The van der Waals surface area contributed by atoms with Crippen molar-refractivity contribution in [2.24, 2.45) is 0 Å². The minimum atomic E-state index is -4.46. The van der Waals surface area contributed by atoms with Crippen LogP contribution in [0.25, 0.3) is 0 Å². The van der Waals surface area contributed by atoms with Crippen molar-refractivity contribution in [1.82, 2.24) is 4.90 Å². The molecule has 0 unspecified atom stereocenters. The molecule has 2 amide bonds. The van der Waals surface area contributed by atoms with Crippen LogP contribution >= 0.6 is 0 Å². The molecule has 1 aliphatic heterocycles. The van der Waals surface area contributed by atoms with Crippen molar-refractivity contribution in [2.75, 3.05) is 38.3 Å². The van der Waals surface area contributed by atoms with E-state index in [1.165, 1.54) is 24.1 Å². The molecule has 0 atom stereocenters. The molecule has 1 heterocycles. The van der Waals surface area contributed by atoms with Crippen molar-refractivity contribution >= 4 is 17.7 Å². The van der Waals surface area contributed by atoms with Crippen molar-refractivity contribution in [3.63, 3.8) is 0 Å². The molecule has 1 saturated heterocycles. The largest absolute Gasteiger partial charge is 0.465 e. The number of halogens is 3. The molecule has 166 valence electrons. The maximum absolute atomic E-state index is 13.3. The third kappa shape index (κ3) is 5.75. The van der Waals surface area contributed by atoms with Crippen LogP contribution in [0, 0.1) is 0 Å². The van der Waals surface area contributed by atoms with Crippen molar-refractivity contribution in [1.29, 1.82) is 0 Å². The number of methoxy groups -OCH3 is 1. The van der Waals surface area contributed by atoms with E-state index in [0.717, 1.165) is 12.1 Å². The summed E-state index contributed by atoms with van der Waals surface area (Å²) in [6.07, 6.45) is -3.78. The van der Waals surface area contributed by atoms with Crippen LogP contribution in [0.15, 0.2) is 48.5 Å². The third-order valence-corrected chi connectivity index (χ3v) is 4.95. The van der Waals surface area contributed by atoms with Gasteiger partial charge in [0, 0.05) is 25.4 Å². The second-order valence-corrected chi connectivity index (χ2v) is 7.05. The highest BCUT2D eigenvalue weighted by atomic mass is 19.4. The monoisotopic (exact) mass is 436 g/mol. The standard InChI is InChI=1S/C22H23F3N2O4/c1-30-20(28)17-5-3-16(4-6-17)15-27(21(29)26-11-2-13-31-14-12-26)19-9-7-18(8-10-19)22(23,24)25/h3-10H,2,11-15H2,1H3. The summed E-state index contributed by atoms with van der Waals surface area (Å²) in [6.45, 7) is 1.98. The fraction of sp³-hybridized carbons (Fsp3) is 0.364. The van der Waals surface area contributed by atoms with Crippen LogP contribution in [-0.4, -0.2) is 50.3 Å². The maximum Gasteiger partial charge on any atom is 0.416 e. The molecule has 1 aliphatic rings. The molecule has 31 heavy (non-hydrogen) atoms. The summed E-state index contributed by atoms with van der Waals surface area (Å²) in [6, 6.07) is 10.7. The van der Waals surface area contributed by atoms with Gasteiger partial charge < -0.3 is 14.4 Å². The molecule has 6 nitrogen and oxygen atoms in total. The van der Waals surface area contributed by atoms with E-state index < -0.39 is 17.7 Å². The zero-order chi connectivity index (χ0) is 22.4. The number of urea groups is 1. The summed E-state index contributed by atoms with van der Waals surface area (Å²) in [7, 11) is 1.28. The molecule has 0 aromatic heterocycles. The van der Waals surface area contributed by atoms with Crippen molar-refractivity contribution < 1.29 is 32.2 Å². The van der Waals surface area contributed by atoms with Gasteiger partial charge in [-0.2, -0.15) is 13.2 Å². The number of alkyl halides is 3. The first-order valence-corrected chi connectivity index (χ1v) is 9.78. The summed E-state index contributed by atoms with van der Waals surface area (Å²) >= 11 is 0. The summed E-state index contributed by atoms with van der Waals surface area (Å²) in [4.78, 5) is 28.0. The Morgan fingerprint density at radius 2 is 1.71 bits per heavy atom. The molecule has 0 saturated carbocycles. The molecular weight excluding hydrogens is 413 g/mol. The van der Waals surface area contributed by atoms with Gasteiger partial charge >= 0.3 is 18.2 Å². The molecule has 2 aromatic carbocycles. The van der Waals surface area contributed by atoms with E-state index in [1.807, 2.05) is 0 Å². The van der Waals surface area contributed by atoms with Gasteiger partial charge in [0.25, 0.3) is 0 Å². The lowest BCUT2D eigenvalue weighted by Crippen LogP contribution is -2.44. The van der Waals surface area contributed by atoms with E-state index in [4.69, 9.17) is 4.74 Å². The highest BCUT2D eigenvalue weighted by Gasteiger charge is 2.31. The summed E-state index contributed by atoms with van der Waals surface area (Å²) < 4.78 is 48.9. The molecule has 0 radical (unpaired) electrons. The van der Waals surface area contributed by atoms with E-state index >= 15 is 0 Å². The Morgan fingerprint density at radius 3 is 2.32 bits per heavy atom. The number of benzene rings is 2. The van der Waals surface area contributed by atoms with Crippen molar-refractivity contribution in [2.45, 2.75) is 19.1 Å². The first-order valence-electron chi connectivity index (χ1n) is 9.78. The lowest BCUT2D eigenvalue weighted by atomic mass is 10.1.